The van der Waals surface area contributed by atoms with Crippen LogP contribution < -0.4 is 10.6 Å². The van der Waals surface area contributed by atoms with Crippen molar-refractivity contribution in [3.8, 4) is 0 Å². The van der Waals surface area contributed by atoms with E-state index in [-0.39, 0.29) is 17.9 Å². The standard InChI is InChI=1S/C14H29N3O3/c1-4-5-15-13-11-20-10-12(13)14(18)16-6-7-17(2)8-9-19-3/h12-13,15H,4-11H2,1-3H3,(H,16,18). The Morgan fingerprint density at radius 3 is 2.85 bits per heavy atom. The zero-order chi connectivity index (χ0) is 14.8. The predicted molar refractivity (Wildman–Crippen MR) is 78.8 cm³/mol. The second-order valence-electron chi connectivity index (χ2n) is 5.29. The highest BCUT2D eigenvalue weighted by atomic mass is 16.5. The summed E-state index contributed by atoms with van der Waals surface area (Å²) < 4.78 is 10.4. The van der Waals surface area contributed by atoms with Crippen molar-refractivity contribution in [1.82, 2.24) is 15.5 Å². The molecule has 0 radical (unpaired) electrons. The van der Waals surface area contributed by atoms with Gasteiger partial charge in [-0.2, -0.15) is 0 Å². The first-order valence-electron chi connectivity index (χ1n) is 7.45. The average molecular weight is 287 g/mol. The van der Waals surface area contributed by atoms with Crippen LogP contribution in [-0.4, -0.2) is 77.0 Å². The fourth-order valence-electron chi connectivity index (χ4n) is 2.20. The number of amides is 1. The molecule has 1 saturated heterocycles. The molecule has 0 aliphatic carbocycles. The number of carbonyl (C=O) groups excluding carboxylic acids is 1. The topological polar surface area (TPSA) is 62.8 Å². The van der Waals surface area contributed by atoms with Gasteiger partial charge in [0.15, 0.2) is 0 Å². The van der Waals surface area contributed by atoms with Crippen molar-refractivity contribution in [1.29, 1.82) is 0 Å². The summed E-state index contributed by atoms with van der Waals surface area (Å²) in [7, 11) is 3.72. The van der Waals surface area contributed by atoms with Crippen LogP contribution >= 0.6 is 0 Å². The van der Waals surface area contributed by atoms with Crippen LogP contribution in [0.5, 0.6) is 0 Å². The molecule has 1 amide bonds. The van der Waals surface area contributed by atoms with Gasteiger partial charge in [-0.25, -0.2) is 0 Å². The Hall–Kier alpha value is -0.690. The summed E-state index contributed by atoms with van der Waals surface area (Å²) in [6.07, 6.45) is 1.06. The second-order valence-corrected chi connectivity index (χ2v) is 5.29. The van der Waals surface area contributed by atoms with E-state index in [9.17, 15) is 4.79 Å². The Labute approximate surface area is 122 Å². The van der Waals surface area contributed by atoms with E-state index in [1.807, 2.05) is 7.05 Å². The Morgan fingerprint density at radius 2 is 2.15 bits per heavy atom. The molecule has 0 saturated carbocycles. The molecule has 1 aliphatic rings. The lowest BCUT2D eigenvalue weighted by Gasteiger charge is -2.20. The lowest BCUT2D eigenvalue weighted by molar-refractivity contribution is -0.125. The van der Waals surface area contributed by atoms with Gasteiger partial charge >= 0.3 is 0 Å². The molecule has 1 rings (SSSR count). The molecule has 20 heavy (non-hydrogen) atoms. The summed E-state index contributed by atoms with van der Waals surface area (Å²) in [6.45, 7) is 7.28. The second kappa shape index (κ2) is 10.1. The Bertz CT molecular complexity index is 276. The zero-order valence-corrected chi connectivity index (χ0v) is 13.0. The number of hydrogen-bond acceptors (Lipinski definition) is 5. The summed E-state index contributed by atoms with van der Waals surface area (Å²) >= 11 is 0. The largest absolute Gasteiger partial charge is 0.383 e. The molecule has 1 aliphatic heterocycles. The quantitative estimate of drug-likeness (QED) is 0.577. The first kappa shape index (κ1) is 17.4. The number of nitrogens with zero attached hydrogens (tertiary/aromatic N) is 1. The van der Waals surface area contributed by atoms with Gasteiger partial charge in [0.1, 0.15) is 0 Å². The normalized spacial score (nSPS) is 22.4. The molecule has 0 aromatic rings. The summed E-state index contributed by atoms with van der Waals surface area (Å²) in [5.41, 5.74) is 0. The molecule has 1 fully saturated rings. The van der Waals surface area contributed by atoms with Crippen molar-refractivity contribution in [2.75, 3.05) is 60.2 Å². The van der Waals surface area contributed by atoms with Gasteiger partial charge in [0.25, 0.3) is 0 Å². The minimum atomic E-state index is -0.0640. The molecular weight excluding hydrogens is 258 g/mol. The van der Waals surface area contributed by atoms with Gasteiger partial charge < -0.3 is 25.0 Å². The van der Waals surface area contributed by atoms with Crippen molar-refractivity contribution in [2.24, 2.45) is 5.92 Å². The van der Waals surface area contributed by atoms with Gasteiger partial charge in [0.05, 0.1) is 25.7 Å². The van der Waals surface area contributed by atoms with Gasteiger partial charge in [-0.1, -0.05) is 6.92 Å². The molecule has 0 spiro atoms. The molecule has 0 aromatic carbocycles. The number of likely N-dealkylation sites (N-methyl/N-ethyl adjacent to an activating group) is 1. The van der Waals surface area contributed by atoms with Crippen molar-refractivity contribution < 1.29 is 14.3 Å². The van der Waals surface area contributed by atoms with E-state index in [4.69, 9.17) is 9.47 Å². The van der Waals surface area contributed by atoms with Crippen LogP contribution in [0.3, 0.4) is 0 Å². The van der Waals surface area contributed by atoms with E-state index in [1.54, 1.807) is 7.11 Å². The maximum Gasteiger partial charge on any atom is 0.227 e. The minimum absolute atomic E-state index is 0.0640. The fraction of sp³-hybridized carbons (Fsp3) is 0.929. The first-order valence-corrected chi connectivity index (χ1v) is 7.45. The smallest absolute Gasteiger partial charge is 0.227 e. The number of methoxy groups -OCH3 is 1. The zero-order valence-electron chi connectivity index (χ0n) is 13.0. The van der Waals surface area contributed by atoms with Gasteiger partial charge in [-0.15, -0.1) is 0 Å². The van der Waals surface area contributed by atoms with Crippen LogP contribution in [0.2, 0.25) is 0 Å². The van der Waals surface area contributed by atoms with E-state index in [0.29, 0.717) is 26.4 Å². The molecule has 0 bridgehead atoms. The molecule has 118 valence electrons. The van der Waals surface area contributed by atoms with Crippen LogP contribution in [0.4, 0.5) is 0 Å². The number of rotatable bonds is 10. The van der Waals surface area contributed by atoms with Crippen LogP contribution in [-0.2, 0) is 14.3 Å². The number of ether oxygens (including phenoxy) is 2. The third kappa shape index (κ3) is 6.17. The van der Waals surface area contributed by atoms with Gasteiger partial charge in [0.2, 0.25) is 5.91 Å². The Balaban J connectivity index is 2.20. The van der Waals surface area contributed by atoms with Gasteiger partial charge in [-0.05, 0) is 20.0 Å². The third-order valence-corrected chi connectivity index (χ3v) is 3.54. The van der Waals surface area contributed by atoms with Crippen LogP contribution in [0.15, 0.2) is 0 Å². The summed E-state index contributed by atoms with van der Waals surface area (Å²) in [6, 6.07) is 0.154. The molecule has 1 heterocycles. The molecule has 2 N–H and O–H groups in total. The van der Waals surface area contributed by atoms with Crippen molar-refractivity contribution in [2.45, 2.75) is 19.4 Å². The number of nitrogens with one attached hydrogen (secondary N) is 2. The predicted octanol–water partition coefficient (Wildman–Crippen LogP) is -0.305. The highest BCUT2D eigenvalue weighted by molar-refractivity contribution is 5.79. The molecule has 0 aromatic heterocycles. The van der Waals surface area contributed by atoms with Crippen LogP contribution in [0.1, 0.15) is 13.3 Å². The summed E-state index contributed by atoms with van der Waals surface area (Å²) in [5, 5.41) is 6.37. The maximum atomic E-state index is 12.1. The SMILES string of the molecule is CCCNC1COCC1C(=O)NCCN(C)CCOC. The summed E-state index contributed by atoms with van der Waals surface area (Å²) in [5.74, 6) is 0.0297. The van der Waals surface area contributed by atoms with E-state index < -0.39 is 0 Å². The van der Waals surface area contributed by atoms with Crippen molar-refractivity contribution >= 4 is 5.91 Å². The molecular formula is C14H29N3O3. The molecule has 6 heteroatoms. The monoisotopic (exact) mass is 287 g/mol. The molecule has 2 atom stereocenters. The molecule has 6 nitrogen and oxygen atoms in total. The van der Waals surface area contributed by atoms with Crippen LogP contribution in [0.25, 0.3) is 0 Å². The van der Waals surface area contributed by atoms with E-state index in [2.05, 4.69) is 22.5 Å². The number of carbonyl (C=O) groups is 1. The highest BCUT2D eigenvalue weighted by Gasteiger charge is 2.33. The average Bonchev–Trinajstić information content (AvgIpc) is 2.91. The van der Waals surface area contributed by atoms with E-state index in [1.165, 1.54) is 0 Å². The van der Waals surface area contributed by atoms with Gasteiger partial charge in [0, 0.05) is 32.8 Å². The number of hydrogen-bond donors (Lipinski definition) is 2. The fourth-order valence-corrected chi connectivity index (χ4v) is 2.20. The Kier molecular flexibility index (Phi) is 8.77. The van der Waals surface area contributed by atoms with E-state index >= 15 is 0 Å². The minimum Gasteiger partial charge on any atom is -0.383 e. The van der Waals surface area contributed by atoms with E-state index in [0.717, 1.165) is 26.1 Å². The highest BCUT2D eigenvalue weighted by Crippen LogP contribution is 2.13. The lowest BCUT2D eigenvalue weighted by Crippen LogP contribution is -2.45. The third-order valence-electron chi connectivity index (χ3n) is 3.54. The van der Waals surface area contributed by atoms with Crippen LogP contribution in [0, 0.1) is 5.92 Å². The Morgan fingerprint density at radius 1 is 1.35 bits per heavy atom. The maximum absolute atomic E-state index is 12.1. The van der Waals surface area contributed by atoms with Gasteiger partial charge in [-0.3, -0.25) is 4.79 Å². The summed E-state index contributed by atoms with van der Waals surface area (Å²) in [4.78, 5) is 14.3. The van der Waals surface area contributed by atoms with Crippen molar-refractivity contribution in [3.63, 3.8) is 0 Å². The first-order chi connectivity index (χ1) is 9.69. The lowest BCUT2D eigenvalue weighted by atomic mass is 10.0. The molecule has 2 unspecified atom stereocenters. The van der Waals surface area contributed by atoms with Crippen molar-refractivity contribution in [3.05, 3.63) is 0 Å².